The molecule has 15 heavy (non-hydrogen) atoms. The third-order valence-electron chi connectivity index (χ3n) is 1.82. The number of carbonyl (C=O) groups is 1. The molecule has 0 unspecified atom stereocenters. The third kappa shape index (κ3) is 2.84. The van der Waals surface area contributed by atoms with Gasteiger partial charge in [0.15, 0.2) is 6.29 Å². The van der Waals surface area contributed by atoms with E-state index in [0.29, 0.717) is 6.29 Å². The zero-order valence-corrected chi connectivity index (χ0v) is 7.85. The minimum absolute atomic E-state index is 0.138. The molecule has 1 rings (SSSR count). The second-order valence-electron chi connectivity index (χ2n) is 2.91. The fraction of sp³-hybridized carbons (Fsp3) is 0.182. The first-order chi connectivity index (χ1) is 6.95. The van der Waals surface area contributed by atoms with Crippen molar-refractivity contribution in [2.45, 2.75) is 13.1 Å². The molecule has 0 spiro atoms. The number of halogens is 3. The topological polar surface area (TPSA) is 17.1 Å². The minimum Gasteiger partial charge on any atom is -0.289 e. The molecule has 0 saturated heterocycles. The second kappa shape index (κ2) is 4.18. The highest BCUT2D eigenvalue weighted by atomic mass is 19.4. The molecule has 0 heterocycles. The molecule has 1 aromatic carbocycles. The Morgan fingerprint density at radius 3 is 2.53 bits per heavy atom. The van der Waals surface area contributed by atoms with Crippen LogP contribution in [-0.2, 0) is 11.0 Å². The van der Waals surface area contributed by atoms with E-state index in [0.717, 1.165) is 6.07 Å². The number of aryl methyl sites for hydroxylation is 1. The Hall–Kier alpha value is -1.76. The first-order valence-electron chi connectivity index (χ1n) is 4.08. The Kier molecular flexibility index (Phi) is 3.15. The molecule has 1 nitrogen and oxygen atoms in total. The Morgan fingerprint density at radius 2 is 2.00 bits per heavy atom. The first-order valence-corrected chi connectivity index (χ1v) is 4.08. The lowest BCUT2D eigenvalue weighted by Gasteiger charge is -2.09. The van der Waals surface area contributed by atoms with Crippen LogP contribution in [0.5, 0.6) is 0 Å². The molecule has 4 heteroatoms. The molecule has 0 aliphatic rings. The number of carbonyl (C=O) groups excluding carboxylic acids is 1. The van der Waals surface area contributed by atoms with Crippen LogP contribution in [0.2, 0.25) is 0 Å². The highest BCUT2D eigenvalue weighted by Gasteiger charge is 2.32. The Bertz CT molecular complexity index is 435. The van der Waals surface area contributed by atoms with Crippen LogP contribution in [0.3, 0.4) is 0 Å². The van der Waals surface area contributed by atoms with Gasteiger partial charge in [-0.15, -0.1) is 0 Å². The van der Waals surface area contributed by atoms with Gasteiger partial charge in [0.2, 0.25) is 0 Å². The van der Waals surface area contributed by atoms with E-state index in [9.17, 15) is 18.0 Å². The summed E-state index contributed by atoms with van der Waals surface area (Å²) in [6, 6.07) is 3.71. The first kappa shape index (κ1) is 11.3. The molecule has 78 valence electrons. The van der Waals surface area contributed by atoms with Crippen molar-refractivity contribution in [3.63, 3.8) is 0 Å². The quantitative estimate of drug-likeness (QED) is 0.477. The van der Waals surface area contributed by atoms with Crippen molar-refractivity contribution in [1.82, 2.24) is 0 Å². The zero-order chi connectivity index (χ0) is 11.5. The van der Waals surface area contributed by atoms with Crippen molar-refractivity contribution in [1.29, 1.82) is 0 Å². The van der Waals surface area contributed by atoms with Gasteiger partial charge in [0.1, 0.15) is 0 Å². The molecule has 0 aliphatic carbocycles. The van der Waals surface area contributed by atoms with Crippen LogP contribution in [0.1, 0.15) is 16.7 Å². The summed E-state index contributed by atoms with van der Waals surface area (Å²) in [4.78, 5) is 9.93. The molecule has 0 aliphatic heterocycles. The van der Waals surface area contributed by atoms with Crippen molar-refractivity contribution < 1.29 is 18.0 Å². The van der Waals surface area contributed by atoms with Gasteiger partial charge in [-0.3, -0.25) is 4.79 Å². The van der Waals surface area contributed by atoms with E-state index in [4.69, 9.17) is 0 Å². The van der Waals surface area contributed by atoms with Crippen molar-refractivity contribution in [3.8, 4) is 11.8 Å². The molecule has 1 aromatic rings. The number of aldehydes is 1. The molecular formula is C11H7F3O. The largest absolute Gasteiger partial charge is 0.416 e. The summed E-state index contributed by atoms with van der Waals surface area (Å²) < 4.78 is 37.3. The van der Waals surface area contributed by atoms with Crippen LogP contribution in [0.4, 0.5) is 13.2 Å². The van der Waals surface area contributed by atoms with Crippen molar-refractivity contribution >= 4 is 6.29 Å². The van der Waals surface area contributed by atoms with E-state index in [1.807, 2.05) is 0 Å². The molecule has 0 N–H and O–H groups in total. The predicted octanol–water partition coefficient (Wildman–Crippen LogP) is 2.56. The number of alkyl halides is 3. The predicted molar refractivity (Wildman–Crippen MR) is 49.1 cm³/mol. The standard InChI is InChI=1S/C11H7F3O/c1-8-4-5-9(3-2-6-15)7-10(8)11(12,13)14/h4-7H,1H3. The van der Waals surface area contributed by atoms with Crippen LogP contribution in [0, 0.1) is 18.8 Å². The summed E-state index contributed by atoms with van der Waals surface area (Å²) in [5, 5.41) is 0. The average molecular weight is 212 g/mol. The Balaban J connectivity index is 3.23. The third-order valence-corrected chi connectivity index (χ3v) is 1.82. The summed E-state index contributed by atoms with van der Waals surface area (Å²) in [6.45, 7) is 1.37. The maximum Gasteiger partial charge on any atom is 0.416 e. The molecule has 0 amide bonds. The van der Waals surface area contributed by atoms with E-state index in [1.165, 1.54) is 19.1 Å². The normalized spacial score (nSPS) is 10.4. The smallest absolute Gasteiger partial charge is 0.289 e. The van der Waals surface area contributed by atoms with Crippen LogP contribution >= 0.6 is 0 Å². The number of hydrogen-bond acceptors (Lipinski definition) is 1. The highest BCUT2D eigenvalue weighted by molar-refractivity contribution is 5.74. The summed E-state index contributed by atoms with van der Waals surface area (Å²) in [5.74, 6) is 4.38. The van der Waals surface area contributed by atoms with Gasteiger partial charge in [0.05, 0.1) is 5.56 Å². The maximum absolute atomic E-state index is 12.4. The van der Waals surface area contributed by atoms with Crippen LogP contribution in [0.25, 0.3) is 0 Å². The lowest BCUT2D eigenvalue weighted by atomic mass is 10.0. The fourth-order valence-electron chi connectivity index (χ4n) is 1.12. The van der Waals surface area contributed by atoms with E-state index in [2.05, 4.69) is 11.8 Å². The van der Waals surface area contributed by atoms with Gasteiger partial charge in [0, 0.05) is 5.56 Å². The van der Waals surface area contributed by atoms with Gasteiger partial charge < -0.3 is 0 Å². The minimum atomic E-state index is -4.39. The summed E-state index contributed by atoms with van der Waals surface area (Å²) in [6.07, 6.45) is -4.05. The molecule has 0 aromatic heterocycles. The molecule has 0 saturated carbocycles. The highest BCUT2D eigenvalue weighted by Crippen LogP contribution is 2.32. The van der Waals surface area contributed by atoms with E-state index < -0.39 is 11.7 Å². The molecular weight excluding hydrogens is 205 g/mol. The fourth-order valence-corrected chi connectivity index (χ4v) is 1.12. The monoisotopic (exact) mass is 212 g/mol. The molecule has 0 radical (unpaired) electrons. The molecule has 0 fully saturated rings. The molecule has 0 atom stereocenters. The van der Waals surface area contributed by atoms with E-state index >= 15 is 0 Å². The SMILES string of the molecule is Cc1ccc(C#CC=O)cc1C(F)(F)F. The lowest BCUT2D eigenvalue weighted by molar-refractivity contribution is -0.138. The average Bonchev–Trinajstić information content (AvgIpc) is 2.15. The van der Waals surface area contributed by atoms with Crippen LogP contribution < -0.4 is 0 Å². The number of rotatable bonds is 0. The van der Waals surface area contributed by atoms with Gasteiger partial charge in [-0.1, -0.05) is 12.0 Å². The summed E-state index contributed by atoms with van der Waals surface area (Å²) in [5.41, 5.74) is -0.403. The van der Waals surface area contributed by atoms with Gasteiger partial charge in [0.25, 0.3) is 0 Å². The molecule has 0 bridgehead atoms. The van der Waals surface area contributed by atoms with Crippen LogP contribution in [-0.4, -0.2) is 6.29 Å². The van der Waals surface area contributed by atoms with Crippen molar-refractivity contribution in [2.24, 2.45) is 0 Å². The lowest BCUT2D eigenvalue weighted by Crippen LogP contribution is -2.07. The van der Waals surface area contributed by atoms with E-state index in [-0.39, 0.29) is 11.1 Å². The maximum atomic E-state index is 12.4. The number of hydrogen-bond donors (Lipinski definition) is 0. The summed E-state index contributed by atoms with van der Waals surface area (Å²) >= 11 is 0. The summed E-state index contributed by atoms with van der Waals surface area (Å²) in [7, 11) is 0. The Labute approximate surface area is 84.9 Å². The van der Waals surface area contributed by atoms with Crippen molar-refractivity contribution in [3.05, 3.63) is 34.9 Å². The van der Waals surface area contributed by atoms with Gasteiger partial charge >= 0.3 is 6.18 Å². The van der Waals surface area contributed by atoms with Gasteiger partial charge in [-0.2, -0.15) is 13.2 Å². The second-order valence-corrected chi connectivity index (χ2v) is 2.91. The van der Waals surface area contributed by atoms with Crippen molar-refractivity contribution in [2.75, 3.05) is 0 Å². The van der Waals surface area contributed by atoms with E-state index in [1.54, 1.807) is 0 Å². The van der Waals surface area contributed by atoms with Gasteiger partial charge in [-0.25, -0.2) is 0 Å². The van der Waals surface area contributed by atoms with Crippen LogP contribution in [0.15, 0.2) is 18.2 Å². The Morgan fingerprint density at radius 1 is 1.33 bits per heavy atom. The van der Waals surface area contributed by atoms with Gasteiger partial charge in [-0.05, 0) is 30.5 Å². The zero-order valence-electron chi connectivity index (χ0n) is 7.85. The number of benzene rings is 1.